The van der Waals surface area contributed by atoms with Crippen molar-refractivity contribution in [1.29, 1.82) is 0 Å². The van der Waals surface area contributed by atoms with Crippen LogP contribution in [0.5, 0.6) is 0 Å². The fraction of sp³-hybridized carbons (Fsp3) is 0.353. The summed E-state index contributed by atoms with van der Waals surface area (Å²) < 4.78 is 13.0. The number of benzene rings is 1. The molecular formula is C17H19ClFN3. The van der Waals surface area contributed by atoms with Crippen LogP contribution in [0.25, 0.3) is 0 Å². The van der Waals surface area contributed by atoms with E-state index >= 15 is 0 Å². The lowest BCUT2D eigenvalue weighted by Gasteiger charge is -2.34. The molecule has 1 aromatic carbocycles. The first-order chi connectivity index (χ1) is 10.6. The third-order valence-corrected chi connectivity index (χ3v) is 4.59. The molecule has 1 aliphatic heterocycles. The van der Waals surface area contributed by atoms with Gasteiger partial charge in [0.2, 0.25) is 0 Å². The molecule has 0 aliphatic carbocycles. The Kier molecular flexibility index (Phi) is 4.48. The first-order valence-corrected chi connectivity index (χ1v) is 7.89. The van der Waals surface area contributed by atoms with E-state index in [1.807, 2.05) is 25.1 Å². The number of anilines is 2. The quantitative estimate of drug-likeness (QED) is 0.916. The van der Waals surface area contributed by atoms with Gasteiger partial charge in [-0.3, -0.25) is 4.98 Å². The SMILES string of the molecule is Cc1nccc(NC2CCN(c3ccc(F)cc3)CC2)c1Cl. The van der Waals surface area contributed by atoms with Gasteiger partial charge in [0, 0.05) is 31.0 Å². The molecule has 3 nitrogen and oxygen atoms in total. The van der Waals surface area contributed by atoms with Crippen LogP contribution in [0.15, 0.2) is 36.5 Å². The van der Waals surface area contributed by atoms with Gasteiger partial charge in [0.1, 0.15) is 5.82 Å². The molecule has 0 unspecified atom stereocenters. The van der Waals surface area contributed by atoms with Gasteiger partial charge in [-0.25, -0.2) is 4.39 Å². The molecule has 1 aliphatic rings. The highest BCUT2D eigenvalue weighted by Gasteiger charge is 2.20. The van der Waals surface area contributed by atoms with E-state index in [1.54, 1.807) is 6.20 Å². The number of rotatable bonds is 3. The Morgan fingerprint density at radius 3 is 2.55 bits per heavy atom. The van der Waals surface area contributed by atoms with E-state index in [2.05, 4.69) is 15.2 Å². The minimum Gasteiger partial charge on any atom is -0.381 e. The topological polar surface area (TPSA) is 28.2 Å². The van der Waals surface area contributed by atoms with E-state index in [0.717, 1.165) is 43.0 Å². The number of piperidine rings is 1. The molecule has 0 spiro atoms. The minimum atomic E-state index is -0.192. The van der Waals surface area contributed by atoms with Crippen molar-refractivity contribution in [2.75, 3.05) is 23.3 Å². The van der Waals surface area contributed by atoms with Crippen LogP contribution in [-0.4, -0.2) is 24.1 Å². The predicted molar refractivity (Wildman–Crippen MR) is 89.2 cm³/mol. The Morgan fingerprint density at radius 1 is 1.18 bits per heavy atom. The maximum Gasteiger partial charge on any atom is 0.123 e. The van der Waals surface area contributed by atoms with Gasteiger partial charge < -0.3 is 10.2 Å². The molecular weight excluding hydrogens is 301 g/mol. The van der Waals surface area contributed by atoms with Gasteiger partial charge in [-0.1, -0.05) is 11.6 Å². The highest BCUT2D eigenvalue weighted by molar-refractivity contribution is 6.33. The van der Waals surface area contributed by atoms with Gasteiger partial charge in [0.15, 0.2) is 0 Å². The molecule has 2 heterocycles. The van der Waals surface area contributed by atoms with Crippen LogP contribution >= 0.6 is 11.6 Å². The fourth-order valence-electron chi connectivity index (χ4n) is 2.81. The van der Waals surface area contributed by atoms with Crippen molar-refractivity contribution < 1.29 is 4.39 Å². The van der Waals surface area contributed by atoms with Crippen molar-refractivity contribution >= 4 is 23.0 Å². The third kappa shape index (κ3) is 3.33. The standard InChI is InChI=1S/C17H19ClFN3/c1-12-17(18)16(6-9-20-12)21-14-7-10-22(11-8-14)15-4-2-13(19)3-5-15/h2-6,9,14H,7-8,10-11H2,1H3,(H,20,21). The predicted octanol–water partition coefficient (Wildman–Crippen LogP) is 4.26. The molecule has 2 aromatic rings. The van der Waals surface area contributed by atoms with Crippen LogP contribution in [0.2, 0.25) is 5.02 Å². The zero-order valence-corrected chi connectivity index (χ0v) is 13.3. The van der Waals surface area contributed by atoms with Gasteiger partial charge in [-0.15, -0.1) is 0 Å². The number of hydrogen-bond acceptors (Lipinski definition) is 3. The van der Waals surface area contributed by atoms with E-state index < -0.39 is 0 Å². The van der Waals surface area contributed by atoms with Gasteiger partial charge in [0.25, 0.3) is 0 Å². The summed E-state index contributed by atoms with van der Waals surface area (Å²) in [5.74, 6) is -0.192. The number of pyridine rings is 1. The molecule has 0 saturated carbocycles. The number of hydrogen-bond donors (Lipinski definition) is 1. The summed E-state index contributed by atoms with van der Waals surface area (Å²) in [5.41, 5.74) is 2.88. The van der Waals surface area contributed by atoms with E-state index in [1.165, 1.54) is 12.1 Å². The third-order valence-electron chi connectivity index (χ3n) is 4.11. The van der Waals surface area contributed by atoms with E-state index in [0.29, 0.717) is 11.1 Å². The Balaban J connectivity index is 1.60. The molecule has 0 radical (unpaired) electrons. The first kappa shape index (κ1) is 15.1. The lowest BCUT2D eigenvalue weighted by Crippen LogP contribution is -2.39. The van der Waals surface area contributed by atoms with Crippen LogP contribution in [0, 0.1) is 12.7 Å². The highest BCUT2D eigenvalue weighted by Crippen LogP contribution is 2.27. The Bertz CT molecular complexity index is 637. The summed E-state index contributed by atoms with van der Waals surface area (Å²) in [7, 11) is 0. The number of aryl methyl sites for hydroxylation is 1. The largest absolute Gasteiger partial charge is 0.381 e. The number of nitrogens with zero attached hydrogens (tertiary/aromatic N) is 2. The molecule has 0 bridgehead atoms. The number of nitrogens with one attached hydrogen (secondary N) is 1. The molecule has 1 N–H and O–H groups in total. The fourth-order valence-corrected chi connectivity index (χ4v) is 2.98. The van der Waals surface area contributed by atoms with Crippen LogP contribution in [0.4, 0.5) is 15.8 Å². The molecule has 5 heteroatoms. The Morgan fingerprint density at radius 2 is 1.86 bits per heavy atom. The summed E-state index contributed by atoms with van der Waals surface area (Å²) in [4.78, 5) is 6.47. The molecule has 22 heavy (non-hydrogen) atoms. The smallest absolute Gasteiger partial charge is 0.123 e. The lowest BCUT2D eigenvalue weighted by atomic mass is 10.0. The van der Waals surface area contributed by atoms with E-state index in [-0.39, 0.29) is 5.82 Å². The van der Waals surface area contributed by atoms with Crippen LogP contribution < -0.4 is 10.2 Å². The maximum atomic E-state index is 13.0. The van der Waals surface area contributed by atoms with Crippen molar-refractivity contribution in [3.8, 4) is 0 Å². The van der Waals surface area contributed by atoms with Gasteiger partial charge >= 0.3 is 0 Å². The molecule has 3 rings (SSSR count). The maximum absolute atomic E-state index is 13.0. The van der Waals surface area contributed by atoms with Gasteiger partial charge in [0.05, 0.1) is 16.4 Å². The average Bonchev–Trinajstić information content (AvgIpc) is 2.53. The average molecular weight is 320 g/mol. The van der Waals surface area contributed by atoms with Crippen molar-refractivity contribution in [3.63, 3.8) is 0 Å². The van der Waals surface area contributed by atoms with Crippen LogP contribution in [0.3, 0.4) is 0 Å². The summed E-state index contributed by atoms with van der Waals surface area (Å²) in [6.45, 7) is 3.81. The molecule has 1 fully saturated rings. The normalized spacial score (nSPS) is 15.9. The molecule has 0 atom stereocenters. The summed E-state index contributed by atoms with van der Waals surface area (Å²) in [6.07, 6.45) is 3.82. The number of halogens is 2. The van der Waals surface area contributed by atoms with E-state index in [4.69, 9.17) is 11.6 Å². The summed E-state index contributed by atoms with van der Waals surface area (Å²) in [5, 5.41) is 4.21. The van der Waals surface area contributed by atoms with Crippen LogP contribution in [0.1, 0.15) is 18.5 Å². The van der Waals surface area contributed by atoms with Gasteiger partial charge in [-0.05, 0) is 50.1 Å². The van der Waals surface area contributed by atoms with Crippen molar-refractivity contribution in [2.45, 2.75) is 25.8 Å². The van der Waals surface area contributed by atoms with Crippen LogP contribution in [-0.2, 0) is 0 Å². The van der Waals surface area contributed by atoms with Crippen molar-refractivity contribution in [1.82, 2.24) is 4.98 Å². The lowest BCUT2D eigenvalue weighted by molar-refractivity contribution is 0.526. The van der Waals surface area contributed by atoms with Crippen molar-refractivity contribution in [3.05, 3.63) is 53.1 Å². The second-order valence-electron chi connectivity index (χ2n) is 5.64. The number of aromatic nitrogens is 1. The second-order valence-corrected chi connectivity index (χ2v) is 6.02. The summed E-state index contributed by atoms with van der Waals surface area (Å²) in [6, 6.07) is 9.02. The molecule has 0 amide bonds. The van der Waals surface area contributed by atoms with E-state index in [9.17, 15) is 4.39 Å². The first-order valence-electron chi connectivity index (χ1n) is 7.51. The minimum absolute atomic E-state index is 0.192. The monoisotopic (exact) mass is 319 g/mol. The zero-order valence-electron chi connectivity index (χ0n) is 12.5. The molecule has 116 valence electrons. The Labute approximate surface area is 135 Å². The zero-order chi connectivity index (χ0) is 15.5. The molecule has 1 saturated heterocycles. The second kappa shape index (κ2) is 6.53. The molecule has 1 aromatic heterocycles. The summed E-state index contributed by atoms with van der Waals surface area (Å²) >= 11 is 6.28. The van der Waals surface area contributed by atoms with Gasteiger partial charge in [-0.2, -0.15) is 0 Å². The van der Waals surface area contributed by atoms with Crippen molar-refractivity contribution in [2.24, 2.45) is 0 Å². The Hall–Kier alpha value is -1.81. The highest BCUT2D eigenvalue weighted by atomic mass is 35.5.